The number of hydrogen-bond acceptors (Lipinski definition) is 4. The van der Waals surface area contributed by atoms with Gasteiger partial charge in [-0.1, -0.05) is 24.3 Å². The first-order valence-electron chi connectivity index (χ1n) is 7.45. The quantitative estimate of drug-likeness (QED) is 0.673. The third-order valence-corrected chi connectivity index (χ3v) is 4.13. The van der Waals surface area contributed by atoms with Crippen LogP contribution in [-0.4, -0.2) is 10.9 Å². The number of benzene rings is 2. The van der Waals surface area contributed by atoms with E-state index in [9.17, 15) is 4.79 Å². The number of aromatic nitrogens is 1. The van der Waals surface area contributed by atoms with Crippen LogP contribution in [0.3, 0.4) is 0 Å². The predicted octanol–water partition coefficient (Wildman–Crippen LogP) is 4.71. The molecule has 0 aliphatic rings. The number of anilines is 3. The van der Waals surface area contributed by atoms with E-state index in [1.165, 1.54) is 0 Å². The molecule has 0 atom stereocenters. The number of nitriles is 1. The van der Waals surface area contributed by atoms with Crippen LogP contribution in [0.5, 0.6) is 0 Å². The number of carbonyl (C=O) groups is 1. The fourth-order valence-corrected chi connectivity index (χ4v) is 2.61. The first-order valence-corrected chi connectivity index (χ1v) is 8.25. The highest BCUT2D eigenvalue weighted by Gasteiger charge is 2.11. The van der Waals surface area contributed by atoms with Crippen LogP contribution in [-0.2, 0) is 0 Å². The average Bonchev–Trinajstić information content (AvgIpc) is 2.64. The molecule has 0 fully saturated rings. The molecule has 0 saturated heterocycles. The van der Waals surface area contributed by atoms with Gasteiger partial charge in [-0.25, -0.2) is 0 Å². The maximum Gasteiger partial charge on any atom is 0.274 e. The highest BCUT2D eigenvalue weighted by Crippen LogP contribution is 2.25. The van der Waals surface area contributed by atoms with Gasteiger partial charge in [0.15, 0.2) is 0 Å². The fraction of sp³-hybridized carbons (Fsp3) is 0. The van der Waals surface area contributed by atoms with Crippen molar-refractivity contribution in [1.82, 2.24) is 4.98 Å². The zero-order chi connectivity index (χ0) is 17.6. The molecule has 0 spiro atoms. The van der Waals surface area contributed by atoms with E-state index >= 15 is 0 Å². The second-order valence-corrected chi connectivity index (χ2v) is 6.00. The van der Waals surface area contributed by atoms with Crippen LogP contribution in [0.25, 0.3) is 0 Å². The van der Waals surface area contributed by atoms with Crippen LogP contribution in [0.4, 0.5) is 17.1 Å². The Labute approximate surface area is 153 Å². The standard InChI is InChI=1S/C19H13BrN4O/c20-15-6-2-4-8-17(15)23-14-9-10-22-18(11-14)19(25)24-16-7-3-1-5-13(16)12-21/h1-11H,(H,22,23)(H,24,25). The summed E-state index contributed by atoms with van der Waals surface area (Å²) in [6.45, 7) is 0. The number of pyridine rings is 1. The second-order valence-electron chi connectivity index (χ2n) is 5.15. The molecule has 25 heavy (non-hydrogen) atoms. The Morgan fingerprint density at radius 3 is 2.52 bits per heavy atom. The van der Waals surface area contributed by atoms with Gasteiger partial charge < -0.3 is 10.6 Å². The van der Waals surface area contributed by atoms with Gasteiger partial charge in [0.25, 0.3) is 5.91 Å². The molecule has 5 nitrogen and oxygen atoms in total. The lowest BCUT2D eigenvalue weighted by molar-refractivity contribution is 0.102. The van der Waals surface area contributed by atoms with E-state index < -0.39 is 0 Å². The minimum absolute atomic E-state index is 0.254. The number of carbonyl (C=O) groups excluding carboxylic acids is 1. The van der Waals surface area contributed by atoms with Crippen LogP contribution in [0.2, 0.25) is 0 Å². The van der Waals surface area contributed by atoms with Gasteiger partial charge in [0.05, 0.1) is 16.9 Å². The largest absolute Gasteiger partial charge is 0.354 e. The van der Waals surface area contributed by atoms with Crippen molar-refractivity contribution in [2.75, 3.05) is 10.6 Å². The van der Waals surface area contributed by atoms with Crippen molar-refractivity contribution < 1.29 is 4.79 Å². The Balaban J connectivity index is 1.80. The van der Waals surface area contributed by atoms with E-state index in [0.29, 0.717) is 11.3 Å². The van der Waals surface area contributed by atoms with E-state index in [-0.39, 0.29) is 11.6 Å². The highest BCUT2D eigenvalue weighted by atomic mass is 79.9. The third kappa shape index (κ3) is 4.03. The molecule has 0 aliphatic heterocycles. The minimum Gasteiger partial charge on any atom is -0.354 e. The van der Waals surface area contributed by atoms with E-state index in [0.717, 1.165) is 15.8 Å². The Hall–Kier alpha value is -3.17. The molecule has 0 unspecified atom stereocenters. The van der Waals surface area contributed by atoms with Gasteiger partial charge in [-0.2, -0.15) is 5.26 Å². The van der Waals surface area contributed by atoms with Crippen molar-refractivity contribution >= 4 is 38.9 Å². The van der Waals surface area contributed by atoms with Gasteiger partial charge in [-0.15, -0.1) is 0 Å². The van der Waals surface area contributed by atoms with Gasteiger partial charge in [0.1, 0.15) is 11.8 Å². The smallest absolute Gasteiger partial charge is 0.274 e. The van der Waals surface area contributed by atoms with Crippen molar-refractivity contribution in [1.29, 1.82) is 5.26 Å². The molecular formula is C19H13BrN4O. The van der Waals surface area contributed by atoms with Crippen LogP contribution in [0.15, 0.2) is 71.3 Å². The zero-order valence-electron chi connectivity index (χ0n) is 13.0. The lowest BCUT2D eigenvalue weighted by Gasteiger charge is -2.10. The molecule has 6 heteroatoms. The molecule has 3 rings (SSSR count). The first kappa shape index (κ1) is 16.7. The zero-order valence-corrected chi connectivity index (χ0v) is 14.6. The molecule has 0 aliphatic carbocycles. The lowest BCUT2D eigenvalue weighted by Crippen LogP contribution is -2.14. The lowest BCUT2D eigenvalue weighted by atomic mass is 10.2. The monoisotopic (exact) mass is 392 g/mol. The molecule has 1 aromatic heterocycles. The Morgan fingerprint density at radius 1 is 1.04 bits per heavy atom. The summed E-state index contributed by atoms with van der Waals surface area (Å²) in [5, 5.41) is 15.1. The van der Waals surface area contributed by atoms with E-state index in [2.05, 4.69) is 31.5 Å². The summed E-state index contributed by atoms with van der Waals surface area (Å²) in [6, 6.07) is 20.0. The van der Waals surface area contributed by atoms with Crippen LogP contribution < -0.4 is 10.6 Å². The number of amides is 1. The highest BCUT2D eigenvalue weighted by molar-refractivity contribution is 9.10. The van der Waals surface area contributed by atoms with Crippen molar-refractivity contribution in [2.45, 2.75) is 0 Å². The molecule has 2 aromatic carbocycles. The molecule has 2 N–H and O–H groups in total. The van der Waals surface area contributed by atoms with Gasteiger partial charge in [-0.3, -0.25) is 9.78 Å². The molecule has 122 valence electrons. The van der Waals surface area contributed by atoms with Crippen molar-refractivity contribution in [2.24, 2.45) is 0 Å². The van der Waals surface area contributed by atoms with Crippen LogP contribution >= 0.6 is 15.9 Å². The minimum atomic E-state index is -0.376. The number of nitrogens with zero attached hydrogens (tertiary/aromatic N) is 2. The molecule has 0 bridgehead atoms. The summed E-state index contributed by atoms with van der Waals surface area (Å²) >= 11 is 3.47. The Morgan fingerprint density at radius 2 is 1.76 bits per heavy atom. The van der Waals surface area contributed by atoms with Gasteiger partial charge in [-0.05, 0) is 52.3 Å². The molecular weight excluding hydrogens is 380 g/mol. The summed E-state index contributed by atoms with van der Waals surface area (Å²) in [5.74, 6) is -0.376. The van der Waals surface area contributed by atoms with Gasteiger partial charge >= 0.3 is 0 Å². The SMILES string of the molecule is N#Cc1ccccc1NC(=O)c1cc(Nc2ccccc2Br)ccn1. The molecule has 0 saturated carbocycles. The fourth-order valence-electron chi connectivity index (χ4n) is 2.23. The number of hydrogen-bond donors (Lipinski definition) is 2. The molecule has 1 amide bonds. The van der Waals surface area contributed by atoms with Crippen molar-refractivity contribution in [3.05, 3.63) is 82.6 Å². The number of rotatable bonds is 4. The Bertz CT molecular complexity index is 965. The molecule has 1 heterocycles. The molecule has 3 aromatic rings. The van der Waals surface area contributed by atoms with Gasteiger partial charge in [0.2, 0.25) is 0 Å². The topological polar surface area (TPSA) is 77.8 Å². The average molecular weight is 393 g/mol. The number of halogens is 1. The van der Waals surface area contributed by atoms with Crippen molar-refractivity contribution in [3.63, 3.8) is 0 Å². The van der Waals surface area contributed by atoms with Gasteiger partial charge in [0, 0.05) is 16.4 Å². The maximum atomic E-state index is 12.4. The summed E-state index contributed by atoms with van der Waals surface area (Å²) in [5.41, 5.74) is 2.74. The summed E-state index contributed by atoms with van der Waals surface area (Å²) < 4.78 is 0.917. The van der Waals surface area contributed by atoms with E-state index in [1.807, 2.05) is 30.3 Å². The summed E-state index contributed by atoms with van der Waals surface area (Å²) in [6.07, 6.45) is 1.56. The Kier molecular flexibility index (Phi) is 5.07. The summed E-state index contributed by atoms with van der Waals surface area (Å²) in [7, 11) is 0. The van der Waals surface area contributed by atoms with Crippen LogP contribution in [0, 0.1) is 11.3 Å². The number of nitrogens with one attached hydrogen (secondary N) is 2. The van der Waals surface area contributed by atoms with E-state index in [4.69, 9.17) is 5.26 Å². The maximum absolute atomic E-state index is 12.4. The normalized spacial score (nSPS) is 9.92. The van der Waals surface area contributed by atoms with E-state index in [1.54, 1.807) is 42.6 Å². The molecule has 0 radical (unpaired) electrons. The van der Waals surface area contributed by atoms with Crippen molar-refractivity contribution in [3.8, 4) is 6.07 Å². The third-order valence-electron chi connectivity index (χ3n) is 3.44. The first-order chi connectivity index (χ1) is 12.2. The predicted molar refractivity (Wildman–Crippen MR) is 101 cm³/mol. The van der Waals surface area contributed by atoms with Crippen LogP contribution in [0.1, 0.15) is 16.1 Å². The second kappa shape index (κ2) is 7.60. The number of para-hydroxylation sites is 2. The summed E-state index contributed by atoms with van der Waals surface area (Å²) in [4.78, 5) is 16.5.